The Kier molecular flexibility index (Phi) is 6.07. The zero-order valence-corrected chi connectivity index (χ0v) is 14.4. The van der Waals surface area contributed by atoms with Gasteiger partial charge in [-0.1, -0.05) is 37.6 Å². The van der Waals surface area contributed by atoms with Gasteiger partial charge in [-0.15, -0.1) is 0 Å². The molecule has 0 bridgehead atoms. The lowest BCUT2D eigenvalue weighted by Crippen LogP contribution is -2.30. The highest BCUT2D eigenvalue weighted by atomic mass is 35.5. The SMILES string of the molecule is CC(C)[C@H](CO)Nc1nc(Nc2ccccc2Cl)cc(C(F)(F)F)n1. The lowest BCUT2D eigenvalue weighted by atomic mass is 10.1. The molecule has 1 heterocycles. The Bertz CT molecular complexity index is 725. The zero-order chi connectivity index (χ0) is 18.6. The summed E-state index contributed by atoms with van der Waals surface area (Å²) in [5.74, 6) is -0.307. The number of halogens is 4. The summed E-state index contributed by atoms with van der Waals surface area (Å²) in [4.78, 5) is 7.56. The molecule has 136 valence electrons. The lowest BCUT2D eigenvalue weighted by molar-refractivity contribution is -0.141. The van der Waals surface area contributed by atoms with E-state index in [-0.39, 0.29) is 24.3 Å². The molecular formula is C16H18ClF3N4O. The molecule has 5 nitrogen and oxygen atoms in total. The zero-order valence-electron chi connectivity index (χ0n) is 13.6. The van der Waals surface area contributed by atoms with Crippen molar-refractivity contribution in [2.45, 2.75) is 26.1 Å². The van der Waals surface area contributed by atoms with Gasteiger partial charge >= 0.3 is 6.18 Å². The number of hydrogen-bond donors (Lipinski definition) is 3. The quantitative estimate of drug-likeness (QED) is 0.702. The molecule has 0 amide bonds. The number of aliphatic hydroxyl groups is 1. The van der Waals surface area contributed by atoms with Gasteiger partial charge in [0, 0.05) is 6.07 Å². The van der Waals surface area contributed by atoms with Crippen molar-refractivity contribution >= 4 is 29.1 Å². The van der Waals surface area contributed by atoms with Crippen molar-refractivity contribution in [2.24, 2.45) is 5.92 Å². The molecule has 0 radical (unpaired) electrons. The summed E-state index contributed by atoms with van der Waals surface area (Å²) in [7, 11) is 0. The van der Waals surface area contributed by atoms with E-state index in [0.717, 1.165) is 6.07 Å². The minimum Gasteiger partial charge on any atom is -0.394 e. The van der Waals surface area contributed by atoms with Crippen LogP contribution in [0.2, 0.25) is 5.02 Å². The maximum Gasteiger partial charge on any atom is 0.433 e. The van der Waals surface area contributed by atoms with E-state index >= 15 is 0 Å². The van der Waals surface area contributed by atoms with Crippen LogP contribution < -0.4 is 10.6 Å². The average Bonchev–Trinajstić information content (AvgIpc) is 2.53. The van der Waals surface area contributed by atoms with E-state index in [2.05, 4.69) is 20.6 Å². The lowest BCUT2D eigenvalue weighted by Gasteiger charge is -2.21. The summed E-state index contributed by atoms with van der Waals surface area (Å²) in [6.07, 6.45) is -4.64. The molecule has 9 heteroatoms. The van der Waals surface area contributed by atoms with Crippen LogP contribution >= 0.6 is 11.6 Å². The van der Waals surface area contributed by atoms with Gasteiger partial charge in [0.2, 0.25) is 5.95 Å². The fourth-order valence-electron chi connectivity index (χ4n) is 2.01. The van der Waals surface area contributed by atoms with Crippen LogP contribution in [0.5, 0.6) is 0 Å². The van der Waals surface area contributed by atoms with Gasteiger partial charge in [-0.3, -0.25) is 0 Å². The Morgan fingerprint density at radius 3 is 2.44 bits per heavy atom. The molecular weight excluding hydrogens is 357 g/mol. The van der Waals surface area contributed by atoms with Gasteiger partial charge in [-0.2, -0.15) is 18.2 Å². The number of aromatic nitrogens is 2. The van der Waals surface area contributed by atoms with E-state index in [1.54, 1.807) is 24.3 Å². The first kappa shape index (κ1) is 19.3. The standard InChI is InChI=1S/C16H18ClF3N4O/c1-9(2)12(8-25)22-15-23-13(16(18,19)20)7-14(24-15)21-11-6-4-3-5-10(11)17/h3-7,9,12,25H,8H2,1-2H3,(H2,21,22,23,24)/t12-/m0/s1. The number of para-hydroxylation sites is 1. The van der Waals surface area contributed by atoms with E-state index in [1.807, 2.05) is 13.8 Å². The number of alkyl halides is 3. The number of nitrogens with one attached hydrogen (secondary N) is 2. The van der Waals surface area contributed by atoms with Gasteiger partial charge in [0.05, 0.1) is 23.4 Å². The van der Waals surface area contributed by atoms with E-state index in [0.29, 0.717) is 10.7 Å². The normalized spacial score (nSPS) is 13.0. The maximum atomic E-state index is 13.1. The maximum absolute atomic E-state index is 13.1. The second kappa shape index (κ2) is 7.88. The summed E-state index contributed by atoms with van der Waals surface area (Å²) in [5, 5.41) is 15.2. The Hall–Kier alpha value is -2.06. The molecule has 2 rings (SSSR count). The van der Waals surface area contributed by atoms with Crippen LogP contribution in [0.15, 0.2) is 30.3 Å². The third-order valence-electron chi connectivity index (χ3n) is 3.47. The van der Waals surface area contributed by atoms with E-state index in [9.17, 15) is 18.3 Å². The predicted octanol–water partition coefficient (Wildman–Crippen LogP) is 4.32. The third kappa shape index (κ3) is 5.20. The van der Waals surface area contributed by atoms with Crippen molar-refractivity contribution in [2.75, 3.05) is 17.2 Å². The fourth-order valence-corrected chi connectivity index (χ4v) is 2.19. The highest BCUT2D eigenvalue weighted by Crippen LogP contribution is 2.31. The van der Waals surface area contributed by atoms with Crippen LogP contribution in [0.1, 0.15) is 19.5 Å². The monoisotopic (exact) mass is 374 g/mol. The molecule has 25 heavy (non-hydrogen) atoms. The number of anilines is 3. The number of benzene rings is 1. The Labute approximate surface area is 148 Å². The van der Waals surface area contributed by atoms with E-state index < -0.39 is 17.9 Å². The second-order valence-corrected chi connectivity index (χ2v) is 6.15. The van der Waals surface area contributed by atoms with Crippen LogP contribution in [0.3, 0.4) is 0 Å². The molecule has 0 unspecified atom stereocenters. The van der Waals surface area contributed by atoms with Gasteiger partial charge < -0.3 is 15.7 Å². The molecule has 3 N–H and O–H groups in total. The molecule has 1 aromatic carbocycles. The van der Waals surface area contributed by atoms with Gasteiger partial charge in [-0.25, -0.2) is 4.98 Å². The van der Waals surface area contributed by atoms with Crippen LogP contribution in [-0.2, 0) is 6.18 Å². The van der Waals surface area contributed by atoms with Gasteiger partial charge in [-0.05, 0) is 18.1 Å². The molecule has 0 aliphatic heterocycles. The largest absolute Gasteiger partial charge is 0.433 e. The van der Waals surface area contributed by atoms with Gasteiger partial charge in [0.15, 0.2) is 5.69 Å². The summed E-state index contributed by atoms with van der Waals surface area (Å²) in [6, 6.07) is 6.95. The molecule has 0 saturated heterocycles. The molecule has 2 aromatic rings. The van der Waals surface area contributed by atoms with Gasteiger partial charge in [0.1, 0.15) is 5.82 Å². The van der Waals surface area contributed by atoms with Crippen LogP contribution in [0.4, 0.5) is 30.6 Å². The summed E-state index contributed by atoms with van der Waals surface area (Å²) in [6.45, 7) is 3.39. The van der Waals surface area contributed by atoms with Crippen molar-refractivity contribution in [3.8, 4) is 0 Å². The Balaban J connectivity index is 2.38. The van der Waals surface area contributed by atoms with Crippen molar-refractivity contribution < 1.29 is 18.3 Å². The molecule has 1 atom stereocenters. The fraction of sp³-hybridized carbons (Fsp3) is 0.375. The number of rotatable bonds is 6. The van der Waals surface area contributed by atoms with Crippen LogP contribution in [0.25, 0.3) is 0 Å². The van der Waals surface area contributed by atoms with Crippen molar-refractivity contribution in [1.82, 2.24) is 9.97 Å². The first-order valence-electron chi connectivity index (χ1n) is 7.56. The molecule has 1 aromatic heterocycles. The number of nitrogens with zero attached hydrogens (tertiary/aromatic N) is 2. The first-order valence-corrected chi connectivity index (χ1v) is 7.93. The highest BCUT2D eigenvalue weighted by molar-refractivity contribution is 6.33. The van der Waals surface area contributed by atoms with E-state index in [4.69, 9.17) is 11.6 Å². The number of hydrogen-bond acceptors (Lipinski definition) is 5. The number of aliphatic hydroxyl groups excluding tert-OH is 1. The highest BCUT2D eigenvalue weighted by Gasteiger charge is 2.34. The van der Waals surface area contributed by atoms with Crippen molar-refractivity contribution in [3.05, 3.63) is 41.0 Å². The Morgan fingerprint density at radius 2 is 1.88 bits per heavy atom. The van der Waals surface area contributed by atoms with E-state index in [1.165, 1.54) is 0 Å². The van der Waals surface area contributed by atoms with Gasteiger partial charge in [0.25, 0.3) is 0 Å². The topological polar surface area (TPSA) is 70.1 Å². The van der Waals surface area contributed by atoms with Crippen molar-refractivity contribution in [3.63, 3.8) is 0 Å². The predicted molar refractivity (Wildman–Crippen MR) is 91.1 cm³/mol. The van der Waals surface area contributed by atoms with Crippen LogP contribution in [0, 0.1) is 5.92 Å². The minimum absolute atomic E-state index is 0.0249. The molecule has 0 spiro atoms. The van der Waals surface area contributed by atoms with Crippen molar-refractivity contribution in [1.29, 1.82) is 0 Å². The smallest absolute Gasteiger partial charge is 0.394 e. The molecule has 0 aliphatic rings. The minimum atomic E-state index is -4.64. The first-order chi connectivity index (χ1) is 11.7. The summed E-state index contributed by atoms with van der Waals surface area (Å²) in [5.41, 5.74) is -0.676. The molecule has 0 fully saturated rings. The average molecular weight is 375 g/mol. The Morgan fingerprint density at radius 1 is 1.20 bits per heavy atom. The third-order valence-corrected chi connectivity index (χ3v) is 3.80. The van der Waals surface area contributed by atoms with Crippen LogP contribution in [-0.4, -0.2) is 27.7 Å². The summed E-state index contributed by atoms with van der Waals surface area (Å²) < 4.78 is 39.4. The molecule has 0 saturated carbocycles. The second-order valence-electron chi connectivity index (χ2n) is 5.74. The molecule has 0 aliphatic carbocycles. The summed E-state index contributed by atoms with van der Waals surface area (Å²) >= 11 is 6.02.